The van der Waals surface area contributed by atoms with Crippen LogP contribution >= 0.6 is 0 Å². The van der Waals surface area contributed by atoms with Crippen LogP contribution in [-0.4, -0.2) is 29.3 Å². The number of nitrogens with two attached hydrogens (primary N) is 1. The molecule has 0 aliphatic rings. The van der Waals surface area contributed by atoms with Crippen LogP contribution in [0.1, 0.15) is 22.8 Å². The van der Waals surface area contributed by atoms with Gasteiger partial charge in [-0.2, -0.15) is 0 Å². The molecule has 94 valence electrons. The molecule has 0 heterocycles. The van der Waals surface area contributed by atoms with Gasteiger partial charge >= 0.3 is 0 Å². The predicted octanol–water partition coefficient (Wildman–Crippen LogP) is 0.192. The number of carbonyl (C=O) groups excluding carboxylic acids is 1. The maximum atomic E-state index is 10.8. The van der Waals surface area contributed by atoms with Crippen molar-refractivity contribution in [2.24, 2.45) is 5.73 Å². The summed E-state index contributed by atoms with van der Waals surface area (Å²) in [7, 11) is 1.54. The Morgan fingerprint density at radius 1 is 1.29 bits per heavy atom. The Bertz CT molecular complexity index is 408. The van der Waals surface area contributed by atoms with Crippen molar-refractivity contribution in [3.05, 3.63) is 28.8 Å². The van der Waals surface area contributed by atoms with Crippen molar-refractivity contribution in [2.75, 3.05) is 7.11 Å². The number of primary amides is 1. The van der Waals surface area contributed by atoms with E-state index in [1.807, 2.05) is 0 Å². The van der Waals surface area contributed by atoms with Gasteiger partial charge in [0.15, 0.2) is 6.10 Å². The molecule has 0 aromatic heterocycles. The maximum absolute atomic E-state index is 10.8. The fourth-order valence-corrected chi connectivity index (χ4v) is 1.83. The third-order valence-electron chi connectivity index (χ3n) is 2.69. The van der Waals surface area contributed by atoms with Crippen LogP contribution in [0.3, 0.4) is 0 Å². The number of hydrogen-bond acceptors (Lipinski definition) is 4. The third kappa shape index (κ3) is 2.75. The number of methoxy groups -OCH3 is 1. The van der Waals surface area contributed by atoms with E-state index in [-0.39, 0.29) is 0 Å². The molecule has 1 amide bonds. The lowest BCUT2D eigenvalue weighted by atomic mass is 9.94. The van der Waals surface area contributed by atoms with Crippen molar-refractivity contribution in [2.45, 2.75) is 26.1 Å². The second kappa shape index (κ2) is 5.16. The van der Waals surface area contributed by atoms with Crippen LogP contribution in [0.25, 0.3) is 0 Å². The van der Waals surface area contributed by atoms with E-state index in [0.717, 1.165) is 11.1 Å². The molecule has 1 rings (SSSR count). The zero-order chi connectivity index (χ0) is 13.2. The second-order valence-corrected chi connectivity index (χ2v) is 3.97. The zero-order valence-corrected chi connectivity index (χ0v) is 10.1. The molecule has 0 fully saturated rings. The molecular formula is C12H17NO4. The lowest BCUT2D eigenvalue weighted by Gasteiger charge is -2.20. The van der Waals surface area contributed by atoms with E-state index in [2.05, 4.69) is 0 Å². The first kappa shape index (κ1) is 13.5. The predicted molar refractivity (Wildman–Crippen MR) is 62.6 cm³/mol. The zero-order valence-electron chi connectivity index (χ0n) is 10.1. The summed E-state index contributed by atoms with van der Waals surface area (Å²) in [5.74, 6) is -0.295. The van der Waals surface area contributed by atoms with Gasteiger partial charge in [0.05, 0.1) is 7.11 Å². The Balaban J connectivity index is 3.18. The summed E-state index contributed by atoms with van der Waals surface area (Å²) in [4.78, 5) is 10.8. The molecule has 5 heteroatoms. The number of hydrogen-bond donors (Lipinski definition) is 3. The van der Waals surface area contributed by atoms with Crippen LogP contribution in [0.5, 0.6) is 5.75 Å². The third-order valence-corrected chi connectivity index (χ3v) is 2.69. The number of rotatable bonds is 4. The molecule has 5 nitrogen and oxygen atoms in total. The van der Waals surface area contributed by atoms with E-state index in [4.69, 9.17) is 10.5 Å². The molecule has 0 spiro atoms. The Hall–Kier alpha value is -1.59. The van der Waals surface area contributed by atoms with Gasteiger partial charge < -0.3 is 20.7 Å². The highest BCUT2D eigenvalue weighted by atomic mass is 16.5. The van der Waals surface area contributed by atoms with E-state index >= 15 is 0 Å². The van der Waals surface area contributed by atoms with Crippen LogP contribution in [0.2, 0.25) is 0 Å². The number of aliphatic hydroxyl groups excluding tert-OH is 2. The summed E-state index contributed by atoms with van der Waals surface area (Å²) < 4.78 is 5.08. The summed E-state index contributed by atoms with van der Waals surface area (Å²) in [6.45, 7) is 3.53. The number of amides is 1. The molecule has 0 radical (unpaired) electrons. The second-order valence-electron chi connectivity index (χ2n) is 3.97. The molecule has 0 bridgehead atoms. The maximum Gasteiger partial charge on any atom is 0.249 e. The van der Waals surface area contributed by atoms with Crippen molar-refractivity contribution < 1.29 is 19.7 Å². The number of aryl methyl sites for hydroxylation is 2. The van der Waals surface area contributed by atoms with E-state index in [0.29, 0.717) is 11.3 Å². The lowest BCUT2D eigenvalue weighted by Crippen LogP contribution is -2.34. The molecule has 1 aromatic carbocycles. The van der Waals surface area contributed by atoms with Gasteiger partial charge in [-0.05, 0) is 42.7 Å². The van der Waals surface area contributed by atoms with Gasteiger partial charge in [-0.1, -0.05) is 0 Å². The van der Waals surface area contributed by atoms with Crippen LogP contribution in [0.4, 0.5) is 0 Å². The van der Waals surface area contributed by atoms with Gasteiger partial charge in [-0.15, -0.1) is 0 Å². The molecule has 2 unspecified atom stereocenters. The summed E-state index contributed by atoms with van der Waals surface area (Å²) in [6.07, 6.45) is -2.93. The van der Waals surface area contributed by atoms with E-state index in [1.54, 1.807) is 33.1 Å². The summed E-state index contributed by atoms with van der Waals surface area (Å²) in [5.41, 5.74) is 6.92. The SMILES string of the molecule is COc1cc(C)c(C(O)C(O)C(N)=O)c(C)c1. The number of benzene rings is 1. The topological polar surface area (TPSA) is 92.8 Å². The van der Waals surface area contributed by atoms with Crippen molar-refractivity contribution in [1.29, 1.82) is 0 Å². The first-order valence-corrected chi connectivity index (χ1v) is 5.19. The van der Waals surface area contributed by atoms with Crippen molar-refractivity contribution in [3.63, 3.8) is 0 Å². The highest BCUT2D eigenvalue weighted by Gasteiger charge is 2.26. The summed E-state index contributed by atoms with van der Waals surface area (Å²) >= 11 is 0. The molecule has 17 heavy (non-hydrogen) atoms. The highest BCUT2D eigenvalue weighted by Crippen LogP contribution is 2.28. The minimum absolute atomic E-state index is 0.497. The lowest BCUT2D eigenvalue weighted by molar-refractivity contribution is -0.132. The first-order chi connectivity index (χ1) is 7.88. The minimum atomic E-state index is -1.61. The Morgan fingerprint density at radius 3 is 2.12 bits per heavy atom. The fourth-order valence-electron chi connectivity index (χ4n) is 1.83. The van der Waals surface area contributed by atoms with Crippen LogP contribution < -0.4 is 10.5 Å². The number of ether oxygens (including phenoxy) is 1. The van der Waals surface area contributed by atoms with E-state index in [1.165, 1.54) is 0 Å². The average molecular weight is 239 g/mol. The quantitative estimate of drug-likeness (QED) is 0.699. The van der Waals surface area contributed by atoms with E-state index in [9.17, 15) is 15.0 Å². The highest BCUT2D eigenvalue weighted by molar-refractivity contribution is 5.79. The summed E-state index contributed by atoms with van der Waals surface area (Å²) in [5, 5.41) is 19.4. The standard InChI is InChI=1S/C12H17NO4/c1-6-4-8(17-3)5-7(2)9(6)10(14)11(15)12(13)16/h4-5,10-11,14-15H,1-3H3,(H2,13,16). The Morgan fingerprint density at radius 2 is 1.76 bits per heavy atom. The van der Waals surface area contributed by atoms with Crippen LogP contribution in [-0.2, 0) is 4.79 Å². The molecule has 0 aliphatic carbocycles. The Labute approximate surface area is 99.8 Å². The van der Waals surface area contributed by atoms with Gasteiger partial charge in [0, 0.05) is 0 Å². The van der Waals surface area contributed by atoms with Crippen LogP contribution in [0.15, 0.2) is 12.1 Å². The van der Waals surface area contributed by atoms with E-state index < -0.39 is 18.1 Å². The molecule has 0 saturated heterocycles. The largest absolute Gasteiger partial charge is 0.497 e. The molecule has 4 N–H and O–H groups in total. The molecule has 2 atom stereocenters. The van der Waals surface area contributed by atoms with Gasteiger partial charge in [-0.25, -0.2) is 0 Å². The van der Waals surface area contributed by atoms with Gasteiger partial charge in [0.1, 0.15) is 11.9 Å². The smallest absolute Gasteiger partial charge is 0.249 e. The van der Waals surface area contributed by atoms with Crippen molar-refractivity contribution in [3.8, 4) is 5.75 Å². The molecule has 1 aromatic rings. The van der Waals surface area contributed by atoms with Crippen LogP contribution in [0, 0.1) is 13.8 Å². The van der Waals surface area contributed by atoms with Gasteiger partial charge in [-0.3, -0.25) is 4.79 Å². The Kier molecular flexibility index (Phi) is 4.09. The number of aliphatic hydroxyl groups is 2. The monoisotopic (exact) mass is 239 g/mol. The van der Waals surface area contributed by atoms with Gasteiger partial charge in [0.25, 0.3) is 0 Å². The normalized spacial score (nSPS) is 14.2. The first-order valence-electron chi connectivity index (χ1n) is 5.19. The molecular weight excluding hydrogens is 222 g/mol. The summed E-state index contributed by atoms with van der Waals surface area (Å²) in [6, 6.07) is 3.44. The molecule has 0 aliphatic heterocycles. The van der Waals surface area contributed by atoms with Crippen molar-refractivity contribution in [1.82, 2.24) is 0 Å². The average Bonchev–Trinajstić information content (AvgIpc) is 2.26. The van der Waals surface area contributed by atoms with Crippen molar-refractivity contribution >= 4 is 5.91 Å². The number of carbonyl (C=O) groups is 1. The minimum Gasteiger partial charge on any atom is -0.497 e. The van der Waals surface area contributed by atoms with Gasteiger partial charge in [0.2, 0.25) is 5.91 Å². The molecule has 0 saturated carbocycles. The fraction of sp³-hybridized carbons (Fsp3) is 0.417.